The van der Waals surface area contributed by atoms with Crippen LogP contribution < -0.4 is 5.32 Å². The molecular weight excluding hydrogens is 219 g/mol. The Morgan fingerprint density at radius 3 is 2.47 bits per heavy atom. The summed E-state index contributed by atoms with van der Waals surface area (Å²) >= 11 is 0. The van der Waals surface area contributed by atoms with E-state index in [-0.39, 0.29) is 25.3 Å². The summed E-state index contributed by atoms with van der Waals surface area (Å²) < 4.78 is 10.8. The quantitative estimate of drug-likeness (QED) is 0.352. The van der Waals surface area contributed by atoms with E-state index >= 15 is 0 Å². The van der Waals surface area contributed by atoms with E-state index in [0.29, 0.717) is 5.06 Å². The van der Waals surface area contributed by atoms with Gasteiger partial charge in [-0.05, 0) is 5.92 Å². The molecule has 6 nitrogen and oxygen atoms in total. The molecule has 0 bridgehead atoms. The molecule has 0 aliphatic carbocycles. The minimum Gasteiger partial charge on any atom is -0.344 e. The van der Waals surface area contributed by atoms with Gasteiger partial charge in [-0.15, -0.1) is 0 Å². The lowest BCUT2D eigenvalue weighted by Crippen LogP contribution is -2.38. The van der Waals surface area contributed by atoms with Gasteiger partial charge in [0.25, 0.3) is 5.91 Å². The van der Waals surface area contributed by atoms with E-state index in [1.807, 2.05) is 13.8 Å². The van der Waals surface area contributed by atoms with Crippen LogP contribution in [0.25, 0.3) is 0 Å². The number of nitrogens with zero attached hydrogens (tertiary/aromatic N) is 1. The van der Waals surface area contributed by atoms with Crippen LogP contribution in [0.3, 0.4) is 0 Å². The zero-order chi connectivity index (χ0) is 12.1. The van der Waals surface area contributed by atoms with Gasteiger partial charge in [0.1, 0.15) is 0 Å². The number of carbonyl (C=O) groups is 1. The highest BCUT2D eigenvalue weighted by molar-refractivity contribution is 7.57. The van der Waals surface area contributed by atoms with Gasteiger partial charge in [-0.25, -0.2) is 5.06 Å². The van der Waals surface area contributed by atoms with Crippen LogP contribution in [-0.4, -0.2) is 47.1 Å². The van der Waals surface area contributed by atoms with Crippen molar-refractivity contribution in [2.75, 3.05) is 26.0 Å². The number of hydrogen-bond acceptors (Lipinski definition) is 4. The Bertz CT molecular complexity index is 251. The number of carbonyl (C=O) groups excluding carboxylic acids is 1. The van der Waals surface area contributed by atoms with Gasteiger partial charge in [0, 0.05) is 6.66 Å². The maximum absolute atomic E-state index is 11.2. The summed E-state index contributed by atoms with van der Waals surface area (Å²) in [7, 11) is -3.14. The second-order valence-corrected chi connectivity index (χ2v) is 6.42. The molecule has 0 aromatic rings. The van der Waals surface area contributed by atoms with Crippen LogP contribution in [0.15, 0.2) is 0 Å². The SMILES string of the molecule is CC(C)CN(O)C(=O)CNCP(C)(=O)O. The number of hydrogen-bond donors (Lipinski definition) is 3. The largest absolute Gasteiger partial charge is 0.344 e. The summed E-state index contributed by atoms with van der Waals surface area (Å²) in [6.45, 7) is 5.07. The normalized spacial score (nSPS) is 15.1. The maximum atomic E-state index is 11.2. The summed E-state index contributed by atoms with van der Waals surface area (Å²) in [6, 6.07) is 0. The van der Waals surface area contributed by atoms with Crippen molar-refractivity contribution in [3.8, 4) is 0 Å². The Morgan fingerprint density at radius 1 is 1.53 bits per heavy atom. The summed E-state index contributed by atoms with van der Waals surface area (Å²) in [5, 5.41) is 12.4. The lowest BCUT2D eigenvalue weighted by molar-refractivity contribution is -0.166. The van der Waals surface area contributed by atoms with Crippen LogP contribution in [-0.2, 0) is 9.36 Å². The van der Waals surface area contributed by atoms with E-state index in [9.17, 15) is 14.6 Å². The molecule has 1 amide bonds. The summed E-state index contributed by atoms with van der Waals surface area (Å²) in [5.41, 5.74) is 0. The Morgan fingerprint density at radius 2 is 2.07 bits per heavy atom. The average Bonchev–Trinajstić information content (AvgIpc) is 2.00. The maximum Gasteiger partial charge on any atom is 0.259 e. The minimum absolute atomic E-state index is 0.131. The first-order valence-corrected chi connectivity index (χ1v) is 7.01. The fourth-order valence-electron chi connectivity index (χ4n) is 0.909. The highest BCUT2D eigenvalue weighted by Crippen LogP contribution is 2.32. The van der Waals surface area contributed by atoms with E-state index in [1.54, 1.807) is 0 Å². The van der Waals surface area contributed by atoms with Gasteiger partial charge >= 0.3 is 0 Å². The second kappa shape index (κ2) is 6.23. The van der Waals surface area contributed by atoms with Crippen LogP contribution in [0.4, 0.5) is 0 Å². The molecule has 0 aromatic heterocycles. The molecule has 0 rings (SSSR count). The van der Waals surface area contributed by atoms with Crippen LogP contribution in [0.5, 0.6) is 0 Å². The molecule has 0 aliphatic rings. The summed E-state index contributed by atoms with van der Waals surface area (Å²) in [5.74, 6) is -0.328. The van der Waals surface area contributed by atoms with Crippen LogP contribution in [0, 0.1) is 5.92 Å². The third-order valence-electron chi connectivity index (χ3n) is 1.51. The fraction of sp³-hybridized carbons (Fsp3) is 0.875. The molecule has 0 aromatic carbocycles. The number of hydroxylamine groups is 2. The topological polar surface area (TPSA) is 89.9 Å². The molecule has 1 unspecified atom stereocenters. The predicted octanol–water partition coefficient (Wildman–Crippen LogP) is 0.308. The van der Waals surface area contributed by atoms with E-state index in [0.717, 1.165) is 0 Å². The van der Waals surface area contributed by atoms with Crippen molar-refractivity contribution in [3.63, 3.8) is 0 Å². The van der Waals surface area contributed by atoms with Crippen molar-refractivity contribution in [2.24, 2.45) is 5.92 Å². The standard InChI is InChI=1S/C8H19N2O4P/c1-7(2)5-10(12)8(11)4-9-6-15(3,13)14/h7,9,12H,4-6H2,1-3H3,(H,13,14). The molecule has 0 saturated heterocycles. The molecular formula is C8H19N2O4P. The number of amides is 1. The highest BCUT2D eigenvalue weighted by atomic mass is 31.2. The van der Waals surface area contributed by atoms with E-state index in [4.69, 9.17) is 4.89 Å². The second-order valence-electron chi connectivity index (χ2n) is 4.01. The lowest BCUT2D eigenvalue weighted by atomic mass is 10.2. The molecule has 0 aliphatic heterocycles. The first-order valence-electron chi connectivity index (χ1n) is 4.71. The van der Waals surface area contributed by atoms with Gasteiger partial charge in [0.05, 0.1) is 19.4 Å². The van der Waals surface area contributed by atoms with Gasteiger partial charge in [0.2, 0.25) is 7.37 Å². The summed E-state index contributed by atoms with van der Waals surface area (Å²) in [6.07, 6.45) is -0.131. The van der Waals surface area contributed by atoms with Gasteiger partial charge in [0.15, 0.2) is 0 Å². The Hall–Kier alpha value is -0.420. The Labute approximate surface area is 89.7 Å². The Kier molecular flexibility index (Phi) is 6.05. The van der Waals surface area contributed by atoms with Gasteiger partial charge < -0.3 is 4.89 Å². The van der Waals surface area contributed by atoms with E-state index in [1.165, 1.54) is 6.66 Å². The Balaban J connectivity index is 3.79. The number of rotatable bonds is 6. The molecule has 90 valence electrons. The van der Waals surface area contributed by atoms with E-state index < -0.39 is 13.3 Å². The van der Waals surface area contributed by atoms with Crippen LogP contribution in [0.2, 0.25) is 0 Å². The van der Waals surface area contributed by atoms with Crippen molar-refractivity contribution in [1.82, 2.24) is 10.4 Å². The van der Waals surface area contributed by atoms with Gasteiger partial charge in [-0.1, -0.05) is 13.8 Å². The number of nitrogens with one attached hydrogen (secondary N) is 1. The fourth-order valence-corrected chi connectivity index (χ4v) is 1.44. The van der Waals surface area contributed by atoms with Crippen LogP contribution >= 0.6 is 7.37 Å². The van der Waals surface area contributed by atoms with E-state index in [2.05, 4.69) is 5.32 Å². The molecule has 15 heavy (non-hydrogen) atoms. The molecule has 0 spiro atoms. The minimum atomic E-state index is -3.14. The highest BCUT2D eigenvalue weighted by Gasteiger charge is 2.14. The monoisotopic (exact) mass is 238 g/mol. The first-order chi connectivity index (χ1) is 6.72. The van der Waals surface area contributed by atoms with Crippen molar-refractivity contribution in [3.05, 3.63) is 0 Å². The molecule has 0 saturated carbocycles. The van der Waals surface area contributed by atoms with Gasteiger partial charge in [-0.3, -0.25) is 19.9 Å². The first kappa shape index (κ1) is 14.6. The smallest absolute Gasteiger partial charge is 0.259 e. The third kappa shape index (κ3) is 8.57. The molecule has 0 radical (unpaired) electrons. The lowest BCUT2D eigenvalue weighted by Gasteiger charge is -2.17. The summed E-state index contributed by atoms with van der Waals surface area (Å²) in [4.78, 5) is 20.1. The zero-order valence-electron chi connectivity index (χ0n) is 9.30. The molecule has 0 fully saturated rings. The molecule has 0 heterocycles. The van der Waals surface area contributed by atoms with Crippen molar-refractivity contribution < 1.29 is 19.5 Å². The molecule has 1 atom stereocenters. The van der Waals surface area contributed by atoms with Crippen molar-refractivity contribution >= 4 is 13.3 Å². The van der Waals surface area contributed by atoms with Crippen molar-refractivity contribution in [2.45, 2.75) is 13.8 Å². The molecule has 7 heteroatoms. The third-order valence-corrected chi connectivity index (χ3v) is 2.32. The average molecular weight is 238 g/mol. The van der Waals surface area contributed by atoms with Crippen LogP contribution in [0.1, 0.15) is 13.8 Å². The molecule has 3 N–H and O–H groups in total. The predicted molar refractivity (Wildman–Crippen MR) is 57.0 cm³/mol. The van der Waals surface area contributed by atoms with Gasteiger partial charge in [-0.2, -0.15) is 0 Å². The van der Waals surface area contributed by atoms with Crippen molar-refractivity contribution in [1.29, 1.82) is 0 Å². The zero-order valence-corrected chi connectivity index (χ0v) is 10.2.